The van der Waals surface area contributed by atoms with Gasteiger partial charge in [0.05, 0.1) is 17.4 Å². The third kappa shape index (κ3) is 2.15. The van der Waals surface area contributed by atoms with Crippen LogP contribution in [0.4, 0.5) is 5.95 Å². The van der Waals surface area contributed by atoms with E-state index in [4.69, 9.17) is 11.6 Å². The van der Waals surface area contributed by atoms with Crippen LogP contribution in [0.5, 0.6) is 0 Å². The molecular weight excluding hydrogens is 198 g/mol. The molecule has 1 aromatic rings. The molecule has 14 heavy (non-hydrogen) atoms. The Morgan fingerprint density at radius 2 is 2.07 bits per heavy atom. The number of halogens is 1. The average molecular weight is 212 g/mol. The fourth-order valence-corrected chi connectivity index (χ4v) is 1.60. The predicted molar refractivity (Wildman–Crippen MR) is 57.5 cm³/mol. The molecule has 0 spiro atoms. The summed E-state index contributed by atoms with van der Waals surface area (Å²) in [4.78, 5) is 8.18. The highest BCUT2D eigenvalue weighted by Crippen LogP contribution is 2.48. The first-order chi connectivity index (χ1) is 6.74. The van der Waals surface area contributed by atoms with Gasteiger partial charge in [0.15, 0.2) is 0 Å². The van der Waals surface area contributed by atoms with E-state index in [0.29, 0.717) is 16.4 Å². The highest BCUT2D eigenvalue weighted by Gasteiger charge is 2.40. The smallest absolute Gasteiger partial charge is 0.222 e. The number of rotatable bonds is 4. The van der Waals surface area contributed by atoms with Crippen LogP contribution in [-0.4, -0.2) is 16.5 Å². The maximum absolute atomic E-state index is 5.69. The molecule has 76 valence electrons. The molecule has 1 saturated carbocycles. The number of nitrogens with one attached hydrogen (secondary N) is 1. The molecule has 1 aromatic heterocycles. The second-order valence-electron chi connectivity index (χ2n) is 3.93. The van der Waals surface area contributed by atoms with Crippen molar-refractivity contribution in [2.45, 2.75) is 26.2 Å². The van der Waals surface area contributed by atoms with Gasteiger partial charge < -0.3 is 5.32 Å². The van der Waals surface area contributed by atoms with Gasteiger partial charge >= 0.3 is 0 Å². The molecule has 0 radical (unpaired) electrons. The van der Waals surface area contributed by atoms with Gasteiger partial charge in [-0.05, 0) is 24.7 Å². The summed E-state index contributed by atoms with van der Waals surface area (Å²) in [7, 11) is 0. The summed E-state index contributed by atoms with van der Waals surface area (Å²) in [6.45, 7) is 3.21. The standard InChI is InChI=1S/C10H14ClN3/c1-2-10(3-4-10)7-14-9-12-5-8(11)6-13-9/h5-6H,2-4,7H2,1H3,(H,12,13,14). The van der Waals surface area contributed by atoms with E-state index in [1.807, 2.05) is 0 Å². The molecule has 1 aliphatic carbocycles. The molecule has 0 saturated heterocycles. The Balaban J connectivity index is 1.89. The Bertz CT molecular complexity index is 306. The third-order valence-electron chi connectivity index (χ3n) is 2.95. The van der Waals surface area contributed by atoms with E-state index in [-0.39, 0.29) is 0 Å². The van der Waals surface area contributed by atoms with Gasteiger partial charge in [0.25, 0.3) is 0 Å². The molecule has 0 bridgehead atoms. The van der Waals surface area contributed by atoms with Gasteiger partial charge in [0, 0.05) is 6.54 Å². The molecule has 1 fully saturated rings. The van der Waals surface area contributed by atoms with Crippen molar-refractivity contribution >= 4 is 17.5 Å². The van der Waals surface area contributed by atoms with Crippen LogP contribution in [0.15, 0.2) is 12.4 Å². The summed E-state index contributed by atoms with van der Waals surface area (Å²) in [6, 6.07) is 0. The van der Waals surface area contributed by atoms with Crippen LogP contribution < -0.4 is 5.32 Å². The molecule has 1 aliphatic rings. The van der Waals surface area contributed by atoms with Crippen LogP contribution in [0.2, 0.25) is 5.02 Å². The molecule has 0 atom stereocenters. The van der Waals surface area contributed by atoms with E-state index in [9.17, 15) is 0 Å². The highest BCUT2D eigenvalue weighted by molar-refractivity contribution is 6.30. The normalized spacial score (nSPS) is 17.9. The first-order valence-electron chi connectivity index (χ1n) is 4.95. The molecule has 1 N–H and O–H groups in total. The minimum atomic E-state index is 0.517. The highest BCUT2D eigenvalue weighted by atomic mass is 35.5. The second kappa shape index (κ2) is 3.73. The van der Waals surface area contributed by atoms with E-state index < -0.39 is 0 Å². The van der Waals surface area contributed by atoms with Crippen molar-refractivity contribution in [3.05, 3.63) is 17.4 Å². The molecule has 2 rings (SSSR count). The number of hydrogen-bond donors (Lipinski definition) is 1. The van der Waals surface area contributed by atoms with Crippen molar-refractivity contribution < 1.29 is 0 Å². The third-order valence-corrected chi connectivity index (χ3v) is 3.14. The first kappa shape index (κ1) is 9.71. The van der Waals surface area contributed by atoms with E-state index in [1.54, 1.807) is 12.4 Å². The summed E-state index contributed by atoms with van der Waals surface area (Å²) >= 11 is 5.69. The average Bonchev–Trinajstić information content (AvgIpc) is 2.98. The van der Waals surface area contributed by atoms with Gasteiger partial charge in [-0.15, -0.1) is 0 Å². The SMILES string of the molecule is CCC1(CNc2ncc(Cl)cn2)CC1. The first-order valence-corrected chi connectivity index (χ1v) is 5.33. The lowest BCUT2D eigenvalue weighted by Crippen LogP contribution is -2.15. The summed E-state index contributed by atoms with van der Waals surface area (Å²) in [6.07, 6.45) is 7.10. The van der Waals surface area contributed by atoms with Gasteiger partial charge in [-0.25, -0.2) is 9.97 Å². The van der Waals surface area contributed by atoms with Crippen LogP contribution in [-0.2, 0) is 0 Å². The van der Waals surface area contributed by atoms with E-state index in [0.717, 1.165) is 6.54 Å². The summed E-state index contributed by atoms with van der Waals surface area (Å²) < 4.78 is 0. The molecular formula is C10H14ClN3. The van der Waals surface area contributed by atoms with Crippen LogP contribution in [0, 0.1) is 5.41 Å². The maximum Gasteiger partial charge on any atom is 0.222 e. The molecule has 3 nitrogen and oxygen atoms in total. The predicted octanol–water partition coefficient (Wildman–Crippen LogP) is 2.73. The summed E-state index contributed by atoms with van der Waals surface area (Å²) in [5.74, 6) is 0.675. The van der Waals surface area contributed by atoms with E-state index in [1.165, 1.54) is 19.3 Å². The zero-order valence-electron chi connectivity index (χ0n) is 8.26. The van der Waals surface area contributed by atoms with Crippen LogP contribution in [0.25, 0.3) is 0 Å². The molecule has 0 amide bonds. The summed E-state index contributed by atoms with van der Waals surface area (Å²) in [5.41, 5.74) is 0.517. The van der Waals surface area contributed by atoms with Crippen LogP contribution >= 0.6 is 11.6 Å². The van der Waals surface area contributed by atoms with Crippen molar-refractivity contribution in [1.29, 1.82) is 0 Å². The zero-order valence-corrected chi connectivity index (χ0v) is 9.01. The lowest BCUT2D eigenvalue weighted by atomic mass is 10.0. The molecule has 4 heteroatoms. The Morgan fingerprint density at radius 3 is 2.57 bits per heavy atom. The number of anilines is 1. The maximum atomic E-state index is 5.69. The minimum absolute atomic E-state index is 0.517. The number of nitrogens with zero attached hydrogens (tertiary/aromatic N) is 2. The molecule has 0 aromatic carbocycles. The van der Waals surface area contributed by atoms with Crippen LogP contribution in [0.3, 0.4) is 0 Å². The van der Waals surface area contributed by atoms with Gasteiger partial charge in [0.2, 0.25) is 5.95 Å². The van der Waals surface area contributed by atoms with Crippen molar-refractivity contribution in [3.63, 3.8) is 0 Å². The van der Waals surface area contributed by atoms with Crippen molar-refractivity contribution in [3.8, 4) is 0 Å². The van der Waals surface area contributed by atoms with E-state index in [2.05, 4.69) is 22.2 Å². The van der Waals surface area contributed by atoms with Gasteiger partial charge in [-0.2, -0.15) is 0 Å². The topological polar surface area (TPSA) is 37.8 Å². The summed E-state index contributed by atoms with van der Waals surface area (Å²) in [5, 5.41) is 3.82. The van der Waals surface area contributed by atoms with Crippen molar-refractivity contribution in [2.24, 2.45) is 5.41 Å². The fraction of sp³-hybridized carbons (Fsp3) is 0.600. The lowest BCUT2D eigenvalue weighted by Gasteiger charge is -2.12. The quantitative estimate of drug-likeness (QED) is 0.832. The monoisotopic (exact) mass is 211 g/mol. The van der Waals surface area contributed by atoms with E-state index >= 15 is 0 Å². The largest absolute Gasteiger partial charge is 0.354 e. The Kier molecular flexibility index (Phi) is 2.59. The minimum Gasteiger partial charge on any atom is -0.354 e. The Morgan fingerprint density at radius 1 is 1.43 bits per heavy atom. The Labute approximate surface area is 88.9 Å². The van der Waals surface area contributed by atoms with Crippen LogP contribution in [0.1, 0.15) is 26.2 Å². The second-order valence-corrected chi connectivity index (χ2v) is 4.37. The van der Waals surface area contributed by atoms with Crippen molar-refractivity contribution in [2.75, 3.05) is 11.9 Å². The molecule has 1 heterocycles. The van der Waals surface area contributed by atoms with Gasteiger partial charge in [-0.3, -0.25) is 0 Å². The number of hydrogen-bond acceptors (Lipinski definition) is 3. The lowest BCUT2D eigenvalue weighted by molar-refractivity contribution is 0.520. The number of aromatic nitrogens is 2. The Hall–Kier alpha value is -0.830. The van der Waals surface area contributed by atoms with Gasteiger partial charge in [-0.1, -0.05) is 18.5 Å². The zero-order chi connectivity index (χ0) is 10.0. The van der Waals surface area contributed by atoms with Crippen molar-refractivity contribution in [1.82, 2.24) is 9.97 Å². The fourth-order valence-electron chi connectivity index (χ4n) is 1.50. The van der Waals surface area contributed by atoms with Gasteiger partial charge in [0.1, 0.15) is 0 Å². The molecule has 0 aliphatic heterocycles. The molecule has 0 unspecified atom stereocenters.